The third-order valence-corrected chi connectivity index (χ3v) is 18.4. The Hall–Kier alpha value is -11.4. The fraction of sp³-hybridized carbons (Fsp3) is 0. The lowest BCUT2D eigenvalue weighted by Gasteiger charge is -2.08. The number of halogens is 1. The number of thiophene rings is 1. The molecule has 0 spiro atoms. The number of rotatable bonds is 8. The Balaban J connectivity index is 0.0000001000. The average Bonchev–Trinajstić information content (AvgIpc) is 1.69. The van der Waals surface area contributed by atoms with Crippen molar-refractivity contribution in [1.29, 1.82) is 0 Å². The topological polar surface area (TPSA) is 129 Å². The van der Waals surface area contributed by atoms with E-state index in [1.807, 2.05) is 163 Å². The highest BCUT2D eigenvalue weighted by Gasteiger charge is 2.15. The second-order valence-electron chi connectivity index (χ2n) is 22.9. The van der Waals surface area contributed by atoms with Crippen LogP contribution in [0, 0.1) is 3.57 Å². The highest BCUT2D eigenvalue weighted by atomic mass is 127. The molecular formula is C84H59BIN3O6S. The number of para-hydroxylation sites is 7. The fourth-order valence-corrected chi connectivity index (χ4v) is 13.5. The van der Waals surface area contributed by atoms with Crippen molar-refractivity contribution < 1.29 is 27.7 Å². The van der Waals surface area contributed by atoms with Crippen LogP contribution in [0.4, 0.5) is 34.1 Å². The second kappa shape index (κ2) is 27.7. The summed E-state index contributed by atoms with van der Waals surface area (Å²) in [5.41, 5.74) is 16.6. The monoisotopic (exact) mass is 1380 g/mol. The molecule has 0 atom stereocenters. The fourth-order valence-electron chi connectivity index (χ4n) is 11.9. The summed E-state index contributed by atoms with van der Waals surface area (Å²) in [4.78, 5) is 0. The summed E-state index contributed by atoms with van der Waals surface area (Å²) >= 11 is 4.17. The highest BCUT2D eigenvalue weighted by Crippen LogP contribution is 2.38. The van der Waals surface area contributed by atoms with Gasteiger partial charge in [-0.25, -0.2) is 0 Å². The van der Waals surface area contributed by atoms with E-state index in [0.717, 1.165) is 111 Å². The summed E-state index contributed by atoms with van der Waals surface area (Å²) < 4.78 is 27.0. The van der Waals surface area contributed by atoms with Gasteiger partial charge in [0, 0.05) is 101 Å². The first-order valence-electron chi connectivity index (χ1n) is 31.4. The van der Waals surface area contributed by atoms with Crippen molar-refractivity contribution in [3.05, 3.63) is 331 Å². The molecule has 0 saturated heterocycles. The van der Waals surface area contributed by atoms with Crippen molar-refractivity contribution >= 4 is 189 Å². The average molecular weight is 1380 g/mol. The van der Waals surface area contributed by atoms with Gasteiger partial charge in [0.05, 0.1) is 0 Å². The van der Waals surface area contributed by atoms with Gasteiger partial charge < -0.3 is 43.7 Å². The first-order chi connectivity index (χ1) is 47.3. The quantitative estimate of drug-likeness (QED) is 0.0746. The minimum absolute atomic E-state index is 0.471. The Labute approximate surface area is 570 Å². The minimum Gasteiger partial charge on any atom is -0.456 e. The summed E-state index contributed by atoms with van der Waals surface area (Å²) in [6.45, 7) is 0. The van der Waals surface area contributed by atoms with E-state index in [1.165, 1.54) is 45.6 Å². The van der Waals surface area contributed by atoms with Gasteiger partial charge in [0.1, 0.15) is 44.7 Å². The smallest absolute Gasteiger partial charge is 0.456 e. The molecule has 12 heteroatoms. The van der Waals surface area contributed by atoms with Gasteiger partial charge in [-0.3, -0.25) is 0 Å². The molecule has 19 rings (SSSR count). The lowest BCUT2D eigenvalue weighted by Crippen LogP contribution is -2.29. The molecule has 5 heterocycles. The molecule has 5 aromatic heterocycles. The van der Waals surface area contributed by atoms with Gasteiger partial charge in [0.2, 0.25) is 0 Å². The Morgan fingerprint density at radius 2 is 0.583 bits per heavy atom. The number of benzene rings is 14. The molecule has 0 amide bonds. The Kier molecular flexibility index (Phi) is 17.5. The molecule has 0 saturated carbocycles. The first-order valence-corrected chi connectivity index (χ1v) is 33.3. The maximum absolute atomic E-state index is 9.12. The van der Waals surface area contributed by atoms with Crippen LogP contribution in [0.3, 0.4) is 0 Å². The predicted molar refractivity (Wildman–Crippen MR) is 411 cm³/mol. The molecule has 5 N–H and O–H groups in total. The van der Waals surface area contributed by atoms with Crippen molar-refractivity contribution in [3.63, 3.8) is 0 Å². The molecule has 0 radical (unpaired) electrons. The summed E-state index contributed by atoms with van der Waals surface area (Å²) in [7, 11) is -1.45. The molecule has 462 valence electrons. The molecule has 9 nitrogen and oxygen atoms in total. The Morgan fingerprint density at radius 1 is 0.250 bits per heavy atom. The molecular weight excluding hydrogens is 1320 g/mol. The van der Waals surface area contributed by atoms with Gasteiger partial charge >= 0.3 is 7.12 Å². The zero-order valence-electron chi connectivity index (χ0n) is 51.6. The van der Waals surface area contributed by atoms with Crippen LogP contribution < -0.4 is 21.4 Å². The molecule has 0 fully saturated rings. The van der Waals surface area contributed by atoms with Gasteiger partial charge in [-0.2, -0.15) is 0 Å². The SMILES string of the molecule is Ic1ccc2oc3ccccc3c2c1.OB(O)c1ccc2oc3ccccc3c2c1.c1ccc(Nc2ccc(-c3ccc4oc5ccccc5c4c3)cc2)cc1.c1ccc(Nc2ccc3oc4ccccc4c3c2)cc1.c1ccc(Nc2ccc3sc4ccccc4c3c2)cc1. The normalized spacial score (nSPS) is 11.1. The number of furan rings is 4. The minimum atomic E-state index is -1.45. The number of anilines is 6. The number of nitrogens with one attached hydrogen (secondary N) is 3. The zero-order valence-corrected chi connectivity index (χ0v) is 54.5. The van der Waals surface area contributed by atoms with Crippen LogP contribution in [0.25, 0.3) is 119 Å². The number of hydrogen-bond donors (Lipinski definition) is 5. The largest absolute Gasteiger partial charge is 0.488 e. The van der Waals surface area contributed by atoms with Crippen LogP contribution in [0.15, 0.2) is 345 Å². The van der Waals surface area contributed by atoms with Crippen LogP contribution in [0.1, 0.15) is 0 Å². The molecule has 0 unspecified atom stereocenters. The highest BCUT2D eigenvalue weighted by molar-refractivity contribution is 14.1. The first kappa shape index (κ1) is 60.8. The van der Waals surface area contributed by atoms with Crippen LogP contribution in [-0.4, -0.2) is 17.2 Å². The predicted octanol–water partition coefficient (Wildman–Crippen LogP) is 23.6. The van der Waals surface area contributed by atoms with E-state index in [0.29, 0.717) is 5.46 Å². The Morgan fingerprint density at radius 3 is 1.09 bits per heavy atom. The number of hydrogen-bond acceptors (Lipinski definition) is 10. The van der Waals surface area contributed by atoms with E-state index in [-0.39, 0.29) is 0 Å². The van der Waals surface area contributed by atoms with Crippen molar-refractivity contribution in [2.75, 3.05) is 16.0 Å². The van der Waals surface area contributed by atoms with Crippen LogP contribution in [0.2, 0.25) is 0 Å². The molecule has 0 aliphatic carbocycles. The van der Waals surface area contributed by atoms with Crippen molar-refractivity contribution in [3.8, 4) is 11.1 Å². The van der Waals surface area contributed by atoms with Crippen molar-refractivity contribution in [2.45, 2.75) is 0 Å². The molecule has 0 aliphatic heterocycles. The van der Waals surface area contributed by atoms with E-state index >= 15 is 0 Å². The summed E-state index contributed by atoms with van der Waals surface area (Å²) in [6, 6.07) is 110. The Bertz CT molecular complexity index is 5740. The molecule has 0 bridgehead atoms. The molecule has 14 aromatic carbocycles. The summed E-state index contributed by atoms with van der Waals surface area (Å²) in [5.74, 6) is 0. The lowest BCUT2D eigenvalue weighted by molar-refractivity contribution is 0.426. The van der Waals surface area contributed by atoms with E-state index in [2.05, 4.69) is 196 Å². The van der Waals surface area contributed by atoms with Gasteiger partial charge in [-0.15, -0.1) is 11.3 Å². The number of fused-ring (bicyclic) bond motifs is 15. The van der Waals surface area contributed by atoms with Crippen molar-refractivity contribution in [2.24, 2.45) is 0 Å². The maximum Gasteiger partial charge on any atom is 0.488 e. The molecule has 0 aliphatic rings. The van der Waals surface area contributed by atoms with Gasteiger partial charge in [-0.05, 0) is 191 Å². The van der Waals surface area contributed by atoms with Crippen LogP contribution in [0.5, 0.6) is 0 Å². The zero-order chi connectivity index (χ0) is 64.7. The van der Waals surface area contributed by atoms with E-state index in [1.54, 1.807) is 18.2 Å². The van der Waals surface area contributed by atoms with Gasteiger partial charge in [0.15, 0.2) is 0 Å². The van der Waals surface area contributed by atoms with Crippen LogP contribution >= 0.6 is 33.9 Å². The second-order valence-corrected chi connectivity index (χ2v) is 25.3. The van der Waals surface area contributed by atoms with E-state index in [4.69, 9.17) is 27.7 Å². The third kappa shape index (κ3) is 13.4. The summed E-state index contributed by atoms with van der Waals surface area (Å²) in [6.07, 6.45) is 0. The molecule has 19 aromatic rings. The standard InChI is InChI=1S/C24H17NO.C18H13NO.C18H13NS.C12H9BO3.C12H7IO/c1-2-6-19(7-3-1)25-20-13-10-17(11-14-20)18-12-15-24-22(16-18)21-8-4-5-9-23(21)26-24;2*1-2-6-13(7-3-1)19-14-10-11-18-16(12-14)15-8-4-5-9-17(15)20-18;14-13(15)8-5-6-12-10(7-8)9-3-1-2-4-11(9)16-12;13-8-5-6-12-10(7-8)9-3-1-2-4-11(9)14-12/h1-16,25H;2*1-12,19H;1-7,14-15H;1-7H. The molecule has 96 heavy (non-hydrogen) atoms. The van der Waals surface area contributed by atoms with E-state index in [9.17, 15) is 0 Å². The lowest BCUT2D eigenvalue weighted by atomic mass is 9.80. The maximum atomic E-state index is 9.12. The van der Waals surface area contributed by atoms with E-state index < -0.39 is 7.12 Å². The summed E-state index contributed by atoms with van der Waals surface area (Å²) in [5, 5.41) is 40.1. The third-order valence-electron chi connectivity index (χ3n) is 16.6. The van der Waals surface area contributed by atoms with Gasteiger partial charge in [-0.1, -0.05) is 176 Å². The van der Waals surface area contributed by atoms with Crippen molar-refractivity contribution in [1.82, 2.24) is 0 Å². The van der Waals surface area contributed by atoms with Crippen LogP contribution in [-0.2, 0) is 0 Å². The van der Waals surface area contributed by atoms with Gasteiger partial charge in [0.25, 0.3) is 0 Å².